The Kier molecular flexibility index (Phi) is 5.70. The molecule has 144 valence electrons. The minimum atomic E-state index is -4.00. The van der Waals surface area contributed by atoms with Crippen LogP contribution in [0.25, 0.3) is 0 Å². The van der Waals surface area contributed by atoms with Gasteiger partial charge in [-0.05, 0) is 42.0 Å². The molecule has 0 fully saturated rings. The largest absolute Gasteiger partial charge is 0.337 e. The van der Waals surface area contributed by atoms with Gasteiger partial charge in [0.2, 0.25) is 0 Å². The average molecular weight is 399 g/mol. The SMILES string of the molecule is CN(Cc1cccc(F)c1)C(=O)c1ccccc1S(=O)(=O)Nc1cccnc1. The van der Waals surface area contributed by atoms with Gasteiger partial charge in [-0.15, -0.1) is 0 Å². The number of hydrogen-bond acceptors (Lipinski definition) is 4. The van der Waals surface area contributed by atoms with Gasteiger partial charge in [-0.2, -0.15) is 0 Å². The van der Waals surface area contributed by atoms with Gasteiger partial charge in [0.15, 0.2) is 0 Å². The number of sulfonamides is 1. The van der Waals surface area contributed by atoms with E-state index in [4.69, 9.17) is 0 Å². The number of nitrogens with one attached hydrogen (secondary N) is 1. The van der Waals surface area contributed by atoms with Crippen LogP contribution in [0.2, 0.25) is 0 Å². The molecule has 1 heterocycles. The molecule has 1 aromatic heterocycles. The number of rotatable bonds is 6. The van der Waals surface area contributed by atoms with Gasteiger partial charge < -0.3 is 4.90 Å². The number of pyridine rings is 1. The van der Waals surface area contributed by atoms with Crippen molar-refractivity contribution in [1.29, 1.82) is 0 Å². The summed E-state index contributed by atoms with van der Waals surface area (Å²) < 4.78 is 41.4. The monoisotopic (exact) mass is 399 g/mol. The molecule has 0 saturated carbocycles. The number of halogens is 1. The number of aromatic nitrogens is 1. The summed E-state index contributed by atoms with van der Waals surface area (Å²) in [5.41, 5.74) is 0.917. The Hall–Kier alpha value is -3.26. The number of carbonyl (C=O) groups excluding carboxylic acids is 1. The fourth-order valence-electron chi connectivity index (χ4n) is 2.70. The quantitative estimate of drug-likeness (QED) is 0.690. The molecule has 3 rings (SSSR count). The zero-order valence-corrected chi connectivity index (χ0v) is 15.9. The van der Waals surface area contributed by atoms with Crippen LogP contribution in [0.3, 0.4) is 0 Å². The molecule has 28 heavy (non-hydrogen) atoms. The lowest BCUT2D eigenvalue weighted by Gasteiger charge is -2.19. The molecular formula is C20H18FN3O3S. The molecule has 0 spiro atoms. The first-order valence-electron chi connectivity index (χ1n) is 8.38. The lowest BCUT2D eigenvalue weighted by Crippen LogP contribution is -2.28. The maximum absolute atomic E-state index is 13.4. The highest BCUT2D eigenvalue weighted by molar-refractivity contribution is 7.92. The maximum atomic E-state index is 13.4. The van der Waals surface area contributed by atoms with E-state index in [1.54, 1.807) is 36.4 Å². The molecule has 0 unspecified atom stereocenters. The van der Waals surface area contributed by atoms with Gasteiger partial charge >= 0.3 is 0 Å². The van der Waals surface area contributed by atoms with Crippen LogP contribution in [0.1, 0.15) is 15.9 Å². The molecule has 1 amide bonds. The Bertz CT molecular complexity index is 1090. The number of carbonyl (C=O) groups is 1. The van der Waals surface area contributed by atoms with Crippen molar-refractivity contribution in [2.45, 2.75) is 11.4 Å². The number of hydrogen-bond donors (Lipinski definition) is 1. The van der Waals surface area contributed by atoms with Gasteiger partial charge in [-0.25, -0.2) is 12.8 Å². The van der Waals surface area contributed by atoms with E-state index in [2.05, 4.69) is 9.71 Å². The topological polar surface area (TPSA) is 79.4 Å². The van der Waals surface area contributed by atoms with Gasteiger partial charge in [-0.3, -0.25) is 14.5 Å². The summed E-state index contributed by atoms with van der Waals surface area (Å²) in [4.78, 5) is 17.9. The zero-order valence-electron chi connectivity index (χ0n) is 15.0. The van der Waals surface area contributed by atoms with E-state index in [-0.39, 0.29) is 22.7 Å². The maximum Gasteiger partial charge on any atom is 0.262 e. The third-order valence-corrected chi connectivity index (χ3v) is 5.42. The molecule has 0 aliphatic rings. The molecule has 0 bridgehead atoms. The van der Waals surface area contributed by atoms with Crippen molar-refractivity contribution in [3.05, 3.63) is 90.0 Å². The second-order valence-electron chi connectivity index (χ2n) is 6.13. The summed E-state index contributed by atoms with van der Waals surface area (Å²) in [6.45, 7) is 0.140. The highest BCUT2D eigenvalue weighted by Crippen LogP contribution is 2.21. The fraction of sp³-hybridized carbons (Fsp3) is 0.100. The molecule has 0 saturated heterocycles. The van der Waals surface area contributed by atoms with Crippen LogP contribution >= 0.6 is 0 Å². The van der Waals surface area contributed by atoms with Crippen LogP contribution in [0.5, 0.6) is 0 Å². The predicted octanol–water partition coefficient (Wildman–Crippen LogP) is 3.29. The van der Waals surface area contributed by atoms with Crippen LogP contribution in [0.4, 0.5) is 10.1 Å². The standard InChI is InChI=1S/C20H18FN3O3S/c1-24(14-15-6-4-7-16(21)12-15)20(25)18-9-2-3-10-19(18)28(26,27)23-17-8-5-11-22-13-17/h2-13,23H,14H2,1H3. The van der Waals surface area contributed by atoms with Crippen molar-refractivity contribution in [2.75, 3.05) is 11.8 Å². The minimum Gasteiger partial charge on any atom is -0.337 e. The number of nitrogens with zero attached hydrogens (tertiary/aromatic N) is 2. The first kappa shape index (κ1) is 19.5. The molecule has 0 aliphatic heterocycles. The zero-order chi connectivity index (χ0) is 20.1. The van der Waals surface area contributed by atoms with Gasteiger partial charge in [0.1, 0.15) is 10.7 Å². The molecule has 6 nitrogen and oxygen atoms in total. The van der Waals surface area contributed by atoms with E-state index in [0.717, 1.165) is 0 Å². The lowest BCUT2D eigenvalue weighted by atomic mass is 10.1. The number of anilines is 1. The molecule has 0 radical (unpaired) electrons. The third-order valence-electron chi connectivity index (χ3n) is 3.98. The van der Waals surface area contributed by atoms with Crippen LogP contribution in [-0.2, 0) is 16.6 Å². The summed E-state index contributed by atoms with van der Waals surface area (Å²) in [5.74, 6) is -0.890. The minimum absolute atomic E-state index is 0.0257. The van der Waals surface area contributed by atoms with Crippen molar-refractivity contribution in [3.8, 4) is 0 Å². The summed E-state index contributed by atoms with van der Waals surface area (Å²) in [5, 5.41) is 0. The highest BCUT2D eigenvalue weighted by atomic mass is 32.2. The first-order valence-corrected chi connectivity index (χ1v) is 9.87. The van der Waals surface area contributed by atoms with Crippen LogP contribution in [0.15, 0.2) is 78.0 Å². The number of benzene rings is 2. The van der Waals surface area contributed by atoms with E-state index >= 15 is 0 Å². The summed E-state index contributed by atoms with van der Waals surface area (Å²) in [6, 6.07) is 15.0. The second-order valence-corrected chi connectivity index (χ2v) is 7.79. The molecule has 2 aromatic carbocycles. The van der Waals surface area contributed by atoms with E-state index in [0.29, 0.717) is 5.56 Å². The molecule has 0 aliphatic carbocycles. The normalized spacial score (nSPS) is 11.1. The predicted molar refractivity (Wildman–Crippen MR) is 104 cm³/mol. The Balaban J connectivity index is 1.87. The Morgan fingerprint density at radius 2 is 1.89 bits per heavy atom. The van der Waals surface area contributed by atoms with Gasteiger partial charge in [-0.1, -0.05) is 24.3 Å². The average Bonchev–Trinajstić information content (AvgIpc) is 2.68. The van der Waals surface area contributed by atoms with Gasteiger partial charge in [0.05, 0.1) is 17.4 Å². The van der Waals surface area contributed by atoms with Crippen molar-refractivity contribution in [1.82, 2.24) is 9.88 Å². The first-order chi connectivity index (χ1) is 13.4. The molecule has 0 atom stereocenters. The van der Waals surface area contributed by atoms with Gasteiger partial charge in [0, 0.05) is 19.8 Å². The molecule has 8 heteroatoms. The summed E-state index contributed by atoms with van der Waals surface area (Å²) in [6.07, 6.45) is 2.90. The smallest absolute Gasteiger partial charge is 0.262 e. The van der Waals surface area contributed by atoms with E-state index in [9.17, 15) is 17.6 Å². The molecule has 3 aromatic rings. The van der Waals surface area contributed by atoms with E-state index < -0.39 is 21.7 Å². The summed E-state index contributed by atoms with van der Waals surface area (Å²) >= 11 is 0. The van der Waals surface area contributed by atoms with Crippen molar-refractivity contribution < 1.29 is 17.6 Å². The van der Waals surface area contributed by atoms with Crippen LogP contribution in [-0.4, -0.2) is 31.3 Å². The third kappa shape index (κ3) is 4.52. The highest BCUT2D eigenvalue weighted by Gasteiger charge is 2.24. The van der Waals surface area contributed by atoms with Crippen LogP contribution in [0, 0.1) is 5.82 Å². The molecule has 1 N–H and O–H groups in total. The van der Waals surface area contributed by atoms with Crippen molar-refractivity contribution in [3.63, 3.8) is 0 Å². The fourth-order valence-corrected chi connectivity index (χ4v) is 3.94. The Morgan fingerprint density at radius 3 is 2.61 bits per heavy atom. The second kappa shape index (κ2) is 8.18. The van der Waals surface area contributed by atoms with Crippen LogP contribution < -0.4 is 4.72 Å². The Labute approximate surface area is 162 Å². The van der Waals surface area contributed by atoms with Gasteiger partial charge in [0.25, 0.3) is 15.9 Å². The van der Waals surface area contributed by atoms with E-state index in [1.165, 1.54) is 48.6 Å². The van der Waals surface area contributed by atoms with Crippen molar-refractivity contribution in [2.24, 2.45) is 0 Å². The van der Waals surface area contributed by atoms with E-state index in [1.807, 2.05) is 0 Å². The van der Waals surface area contributed by atoms with Crippen molar-refractivity contribution >= 4 is 21.6 Å². The lowest BCUT2D eigenvalue weighted by molar-refractivity contribution is 0.0781. The molecular weight excluding hydrogens is 381 g/mol. The Morgan fingerprint density at radius 1 is 1.11 bits per heavy atom. The summed E-state index contributed by atoms with van der Waals surface area (Å²) in [7, 11) is -2.47. The number of amides is 1.